The van der Waals surface area contributed by atoms with Gasteiger partial charge in [0.2, 0.25) is 5.91 Å². The highest BCUT2D eigenvalue weighted by atomic mass is 19.3. The summed E-state index contributed by atoms with van der Waals surface area (Å²) in [7, 11) is 2.11. The number of rotatable bonds is 7. The van der Waals surface area contributed by atoms with Crippen LogP contribution >= 0.6 is 0 Å². The summed E-state index contributed by atoms with van der Waals surface area (Å²) in [6, 6.07) is 14.4. The van der Waals surface area contributed by atoms with Gasteiger partial charge in [-0.1, -0.05) is 36.4 Å². The van der Waals surface area contributed by atoms with Gasteiger partial charge in [-0.25, -0.2) is 0 Å². The molecule has 0 spiro atoms. The zero-order valence-corrected chi connectivity index (χ0v) is 16.4. The van der Waals surface area contributed by atoms with E-state index in [9.17, 15) is 13.6 Å². The zero-order valence-electron chi connectivity index (χ0n) is 16.4. The third-order valence-corrected chi connectivity index (χ3v) is 4.84. The first-order valence-corrected chi connectivity index (χ1v) is 9.54. The maximum Gasteiger partial charge on any atom is 0.387 e. The van der Waals surface area contributed by atoms with E-state index < -0.39 is 6.61 Å². The van der Waals surface area contributed by atoms with Gasteiger partial charge in [0.05, 0.1) is 0 Å². The van der Waals surface area contributed by atoms with E-state index in [1.807, 2.05) is 18.2 Å². The van der Waals surface area contributed by atoms with Crippen molar-refractivity contribution in [3.05, 3.63) is 65.7 Å². The van der Waals surface area contributed by atoms with Crippen LogP contribution in [-0.4, -0.2) is 50.6 Å². The molecule has 1 aliphatic rings. The van der Waals surface area contributed by atoms with E-state index in [4.69, 9.17) is 0 Å². The topological polar surface area (TPSA) is 44.8 Å². The summed E-state index contributed by atoms with van der Waals surface area (Å²) in [4.78, 5) is 16.9. The smallest absolute Gasteiger partial charge is 0.387 e. The number of amides is 1. The van der Waals surface area contributed by atoms with Crippen molar-refractivity contribution in [3.8, 4) is 5.75 Å². The standard InChI is InChI=1S/C22H25F2N3O2/c1-26-12-14-27(15-13-26)19-8-4-2-7-18(19)16-25-21(28)11-10-17-6-3-5-9-20(17)29-22(23)24/h2-11,22H,12-16H2,1H3,(H,25,28)/b11-10+. The van der Waals surface area contributed by atoms with Gasteiger partial charge in [0, 0.05) is 50.1 Å². The molecule has 0 unspecified atom stereocenters. The van der Waals surface area contributed by atoms with Crippen LogP contribution in [0.4, 0.5) is 14.5 Å². The van der Waals surface area contributed by atoms with E-state index in [0.29, 0.717) is 12.1 Å². The van der Waals surface area contributed by atoms with E-state index in [0.717, 1.165) is 37.4 Å². The number of piperazine rings is 1. The normalized spacial score (nSPS) is 15.1. The van der Waals surface area contributed by atoms with Gasteiger partial charge in [-0.2, -0.15) is 8.78 Å². The highest BCUT2D eigenvalue weighted by Crippen LogP contribution is 2.23. The summed E-state index contributed by atoms with van der Waals surface area (Å²) in [5, 5.41) is 2.87. The number of benzene rings is 2. The zero-order chi connectivity index (χ0) is 20.6. The maximum absolute atomic E-state index is 12.5. The van der Waals surface area contributed by atoms with Crippen molar-refractivity contribution in [1.82, 2.24) is 10.2 Å². The second kappa shape index (κ2) is 10.0. The Kier molecular flexibility index (Phi) is 7.19. The van der Waals surface area contributed by atoms with Crippen LogP contribution < -0.4 is 15.0 Å². The van der Waals surface area contributed by atoms with Crippen LogP contribution in [-0.2, 0) is 11.3 Å². The van der Waals surface area contributed by atoms with Gasteiger partial charge in [-0.3, -0.25) is 4.79 Å². The number of alkyl halides is 2. The maximum atomic E-state index is 12.5. The Hall–Kier alpha value is -2.93. The Balaban J connectivity index is 1.61. The highest BCUT2D eigenvalue weighted by molar-refractivity contribution is 5.92. The number of likely N-dealkylation sites (N-methyl/N-ethyl adjacent to an activating group) is 1. The number of halogens is 2. The lowest BCUT2D eigenvalue weighted by Crippen LogP contribution is -2.45. The molecule has 2 aromatic carbocycles. The Bertz CT molecular complexity index is 849. The fraction of sp³-hybridized carbons (Fsp3) is 0.318. The van der Waals surface area contributed by atoms with Crippen LogP contribution in [0.15, 0.2) is 54.6 Å². The summed E-state index contributed by atoms with van der Waals surface area (Å²) >= 11 is 0. The Labute approximate surface area is 169 Å². The lowest BCUT2D eigenvalue weighted by Gasteiger charge is -2.35. The number of anilines is 1. The predicted octanol–water partition coefficient (Wildman–Crippen LogP) is 3.37. The van der Waals surface area contributed by atoms with Crippen LogP contribution in [0.3, 0.4) is 0 Å². The first-order valence-electron chi connectivity index (χ1n) is 9.54. The number of carbonyl (C=O) groups is 1. The third-order valence-electron chi connectivity index (χ3n) is 4.84. The van der Waals surface area contributed by atoms with Crippen LogP contribution in [0, 0.1) is 0 Å². The molecule has 3 rings (SSSR count). The summed E-state index contributed by atoms with van der Waals surface area (Å²) < 4.78 is 29.4. The van der Waals surface area contributed by atoms with Crippen LogP contribution in [0.5, 0.6) is 5.75 Å². The molecule has 0 bridgehead atoms. The van der Waals surface area contributed by atoms with Crippen molar-refractivity contribution in [2.24, 2.45) is 0 Å². The van der Waals surface area contributed by atoms with E-state index in [-0.39, 0.29) is 11.7 Å². The SMILES string of the molecule is CN1CCN(c2ccccc2CNC(=O)/C=C/c2ccccc2OC(F)F)CC1. The second-order valence-electron chi connectivity index (χ2n) is 6.89. The second-order valence-corrected chi connectivity index (χ2v) is 6.89. The average Bonchev–Trinajstić information content (AvgIpc) is 2.72. The molecule has 5 nitrogen and oxygen atoms in total. The molecule has 1 aliphatic heterocycles. The Morgan fingerprint density at radius 3 is 2.55 bits per heavy atom. The van der Waals surface area contributed by atoms with Crippen molar-refractivity contribution in [1.29, 1.82) is 0 Å². The number of carbonyl (C=O) groups excluding carboxylic acids is 1. The van der Waals surface area contributed by atoms with Gasteiger partial charge < -0.3 is 19.9 Å². The van der Waals surface area contributed by atoms with Gasteiger partial charge in [0.15, 0.2) is 0 Å². The van der Waals surface area contributed by atoms with E-state index >= 15 is 0 Å². The number of ether oxygens (including phenoxy) is 1. The monoisotopic (exact) mass is 401 g/mol. The molecule has 0 aromatic heterocycles. The van der Waals surface area contributed by atoms with E-state index in [2.05, 4.69) is 33.0 Å². The number of hydrogen-bond acceptors (Lipinski definition) is 4. The first-order chi connectivity index (χ1) is 14.0. The average molecular weight is 401 g/mol. The largest absolute Gasteiger partial charge is 0.434 e. The summed E-state index contributed by atoms with van der Waals surface area (Å²) in [6.07, 6.45) is 2.80. The lowest BCUT2D eigenvalue weighted by molar-refractivity contribution is -0.116. The molecular weight excluding hydrogens is 376 g/mol. The fourth-order valence-electron chi connectivity index (χ4n) is 3.24. The minimum absolute atomic E-state index is 0.0342. The van der Waals surface area contributed by atoms with E-state index in [1.165, 1.54) is 18.2 Å². The van der Waals surface area contributed by atoms with Crippen LogP contribution in [0.2, 0.25) is 0 Å². The number of nitrogens with zero attached hydrogens (tertiary/aromatic N) is 2. The summed E-state index contributed by atoms with van der Waals surface area (Å²) in [5.74, 6) is -0.267. The van der Waals surface area contributed by atoms with Crippen molar-refractivity contribution < 1.29 is 18.3 Å². The molecule has 1 heterocycles. The summed E-state index contributed by atoms with van der Waals surface area (Å²) in [5.41, 5.74) is 2.58. The molecule has 154 valence electrons. The van der Waals surface area contributed by atoms with Gasteiger partial charge >= 0.3 is 6.61 Å². The Morgan fingerprint density at radius 1 is 1.10 bits per heavy atom. The van der Waals surface area contributed by atoms with Crippen LogP contribution in [0.1, 0.15) is 11.1 Å². The molecule has 1 fully saturated rings. The molecule has 0 radical (unpaired) electrons. The molecule has 0 atom stereocenters. The van der Waals surface area contributed by atoms with Crippen molar-refractivity contribution in [2.45, 2.75) is 13.2 Å². The van der Waals surface area contributed by atoms with Crippen molar-refractivity contribution in [3.63, 3.8) is 0 Å². The molecule has 29 heavy (non-hydrogen) atoms. The fourth-order valence-corrected chi connectivity index (χ4v) is 3.24. The van der Waals surface area contributed by atoms with Gasteiger partial charge in [-0.15, -0.1) is 0 Å². The third kappa shape index (κ3) is 6.02. The van der Waals surface area contributed by atoms with Crippen molar-refractivity contribution >= 4 is 17.7 Å². The quantitative estimate of drug-likeness (QED) is 0.723. The first kappa shape index (κ1) is 20.8. The van der Waals surface area contributed by atoms with Gasteiger partial charge in [0.1, 0.15) is 5.75 Å². The Morgan fingerprint density at radius 2 is 1.79 bits per heavy atom. The number of hydrogen-bond donors (Lipinski definition) is 1. The van der Waals surface area contributed by atoms with Gasteiger partial charge in [-0.05, 0) is 30.8 Å². The van der Waals surface area contributed by atoms with Crippen LogP contribution in [0.25, 0.3) is 6.08 Å². The summed E-state index contributed by atoms with van der Waals surface area (Å²) in [6.45, 7) is 1.38. The molecular formula is C22H25F2N3O2. The molecule has 0 saturated carbocycles. The number of nitrogens with one attached hydrogen (secondary N) is 1. The van der Waals surface area contributed by atoms with Gasteiger partial charge in [0.25, 0.3) is 0 Å². The van der Waals surface area contributed by atoms with Crippen molar-refractivity contribution in [2.75, 3.05) is 38.1 Å². The molecule has 1 saturated heterocycles. The lowest BCUT2D eigenvalue weighted by atomic mass is 10.1. The molecule has 7 heteroatoms. The highest BCUT2D eigenvalue weighted by Gasteiger charge is 2.16. The van der Waals surface area contributed by atoms with E-state index in [1.54, 1.807) is 18.2 Å². The predicted molar refractivity (Wildman–Crippen MR) is 110 cm³/mol. The molecule has 1 amide bonds. The minimum Gasteiger partial charge on any atom is -0.434 e. The molecule has 1 N–H and O–H groups in total. The molecule has 2 aromatic rings. The number of para-hydroxylation sites is 2. The molecule has 0 aliphatic carbocycles. The minimum atomic E-state index is -2.91.